The molecule has 1 aromatic carbocycles. The highest BCUT2D eigenvalue weighted by molar-refractivity contribution is 6.38. The molecule has 0 aliphatic rings. The van der Waals surface area contributed by atoms with E-state index in [2.05, 4.69) is 4.74 Å². The summed E-state index contributed by atoms with van der Waals surface area (Å²) in [7, 11) is 0. The molecule has 7 nitrogen and oxygen atoms in total. The molecule has 1 heterocycles. The van der Waals surface area contributed by atoms with Gasteiger partial charge in [-0.05, 0) is 31.9 Å². The van der Waals surface area contributed by atoms with E-state index in [0.29, 0.717) is 29.4 Å². The number of ether oxygens (including phenoxy) is 1. The third kappa shape index (κ3) is 3.82. The van der Waals surface area contributed by atoms with Gasteiger partial charge in [-0.3, -0.25) is 9.59 Å². The lowest BCUT2D eigenvalue weighted by Crippen LogP contribution is -2.21. The summed E-state index contributed by atoms with van der Waals surface area (Å²) < 4.78 is 9.81. The van der Waals surface area contributed by atoms with Gasteiger partial charge in [-0.25, -0.2) is 9.59 Å². The van der Waals surface area contributed by atoms with Crippen LogP contribution in [0.15, 0.2) is 21.3 Å². The van der Waals surface area contributed by atoms with E-state index < -0.39 is 29.6 Å². The molecule has 0 spiro atoms. The van der Waals surface area contributed by atoms with E-state index in [9.17, 15) is 24.3 Å². The van der Waals surface area contributed by atoms with Crippen LogP contribution in [0.2, 0.25) is 0 Å². The summed E-state index contributed by atoms with van der Waals surface area (Å²) in [6, 6.07) is 2.66. The molecule has 1 aromatic heterocycles. The van der Waals surface area contributed by atoms with Gasteiger partial charge in [-0.15, -0.1) is 0 Å². The highest BCUT2D eigenvalue weighted by Crippen LogP contribution is 2.34. The van der Waals surface area contributed by atoms with E-state index >= 15 is 0 Å². The minimum absolute atomic E-state index is 0.0267. The second-order valence-electron chi connectivity index (χ2n) is 5.87. The molecule has 0 aliphatic heterocycles. The van der Waals surface area contributed by atoms with E-state index in [1.165, 1.54) is 12.1 Å². The van der Waals surface area contributed by atoms with Gasteiger partial charge in [0.1, 0.15) is 11.3 Å². The van der Waals surface area contributed by atoms with Crippen LogP contribution in [0.1, 0.15) is 48.2 Å². The Bertz CT molecular complexity index is 937. The fourth-order valence-corrected chi connectivity index (χ4v) is 2.72. The first-order chi connectivity index (χ1) is 12.3. The zero-order valence-electron chi connectivity index (χ0n) is 14.9. The Kier molecular flexibility index (Phi) is 5.92. The summed E-state index contributed by atoms with van der Waals surface area (Å²) in [5.41, 5.74) is 0.499. The standard InChI is InChI=1S/C19H20O7/c1-4-6-11-17(23)13(14(20)9-15(21)19(24)25-5-2)8-12-10(3)7-16(22)26-18(11)12/h7-8,23H,4-6,9H2,1-3H3. The van der Waals surface area contributed by atoms with Crippen LogP contribution < -0.4 is 5.63 Å². The molecule has 0 saturated heterocycles. The minimum atomic E-state index is -1.09. The maximum Gasteiger partial charge on any atom is 0.375 e. The number of hydrogen-bond donors (Lipinski definition) is 1. The van der Waals surface area contributed by atoms with Crippen molar-refractivity contribution in [1.82, 2.24) is 0 Å². The fourth-order valence-electron chi connectivity index (χ4n) is 2.72. The number of carbonyl (C=O) groups is 3. The van der Waals surface area contributed by atoms with Crippen molar-refractivity contribution in [1.29, 1.82) is 0 Å². The number of ketones is 2. The molecule has 7 heteroatoms. The molecule has 26 heavy (non-hydrogen) atoms. The number of phenolic OH excluding ortho intramolecular Hbond substituents is 1. The molecule has 0 fully saturated rings. The second-order valence-corrected chi connectivity index (χ2v) is 5.87. The van der Waals surface area contributed by atoms with Gasteiger partial charge in [0, 0.05) is 17.0 Å². The molecule has 138 valence electrons. The summed E-state index contributed by atoms with van der Waals surface area (Å²) in [6.45, 7) is 5.14. The number of Topliss-reactive ketones (excluding diaryl/α,β-unsaturated/α-hetero) is 2. The van der Waals surface area contributed by atoms with Crippen molar-refractivity contribution in [2.75, 3.05) is 6.61 Å². The van der Waals surface area contributed by atoms with Crippen molar-refractivity contribution in [3.63, 3.8) is 0 Å². The van der Waals surface area contributed by atoms with Gasteiger partial charge < -0.3 is 14.3 Å². The predicted molar refractivity (Wildman–Crippen MR) is 93.5 cm³/mol. The van der Waals surface area contributed by atoms with Gasteiger partial charge in [0.15, 0.2) is 5.78 Å². The first-order valence-corrected chi connectivity index (χ1v) is 8.32. The molecule has 0 amide bonds. The van der Waals surface area contributed by atoms with Crippen LogP contribution in [-0.2, 0) is 20.7 Å². The van der Waals surface area contributed by atoms with Gasteiger partial charge in [-0.2, -0.15) is 0 Å². The number of esters is 1. The molecule has 0 bridgehead atoms. The SMILES string of the molecule is CCCc1c(O)c(C(=O)CC(=O)C(=O)OCC)cc2c(C)cc(=O)oc12. The Balaban J connectivity index is 2.55. The zero-order chi connectivity index (χ0) is 19.4. The van der Waals surface area contributed by atoms with Crippen molar-refractivity contribution in [3.05, 3.63) is 39.2 Å². The monoisotopic (exact) mass is 360 g/mol. The molecule has 0 saturated carbocycles. The number of fused-ring (bicyclic) bond motifs is 1. The molecule has 0 atom stereocenters. The van der Waals surface area contributed by atoms with E-state index in [4.69, 9.17) is 4.42 Å². The minimum Gasteiger partial charge on any atom is -0.507 e. The lowest BCUT2D eigenvalue weighted by molar-refractivity contribution is -0.153. The van der Waals surface area contributed by atoms with Crippen LogP contribution in [0.3, 0.4) is 0 Å². The van der Waals surface area contributed by atoms with Gasteiger partial charge in [0.2, 0.25) is 5.78 Å². The number of phenols is 1. The van der Waals surface area contributed by atoms with Crippen LogP contribution >= 0.6 is 0 Å². The third-order valence-electron chi connectivity index (χ3n) is 3.93. The maximum absolute atomic E-state index is 12.5. The Morgan fingerprint density at radius 1 is 1.19 bits per heavy atom. The molecule has 2 aromatic rings. The van der Waals surface area contributed by atoms with Crippen LogP contribution in [0.5, 0.6) is 5.75 Å². The molecule has 2 rings (SSSR count). The maximum atomic E-state index is 12.5. The summed E-state index contributed by atoms with van der Waals surface area (Å²) >= 11 is 0. The van der Waals surface area contributed by atoms with Crippen LogP contribution in [0.25, 0.3) is 11.0 Å². The molecular formula is C19H20O7. The van der Waals surface area contributed by atoms with Crippen LogP contribution in [0.4, 0.5) is 0 Å². The second kappa shape index (κ2) is 7.95. The summed E-state index contributed by atoms with van der Waals surface area (Å²) in [4.78, 5) is 47.4. The van der Waals surface area contributed by atoms with Gasteiger partial charge in [0.05, 0.1) is 18.6 Å². The van der Waals surface area contributed by atoms with E-state index in [1.807, 2.05) is 6.92 Å². The molecule has 1 N–H and O–H groups in total. The van der Waals surface area contributed by atoms with Crippen LogP contribution in [-0.4, -0.2) is 29.2 Å². The molecule has 0 unspecified atom stereocenters. The number of rotatable bonds is 7. The highest BCUT2D eigenvalue weighted by Gasteiger charge is 2.25. The van der Waals surface area contributed by atoms with Gasteiger partial charge in [-0.1, -0.05) is 13.3 Å². The first-order valence-electron chi connectivity index (χ1n) is 8.32. The van der Waals surface area contributed by atoms with Crippen molar-refractivity contribution in [3.8, 4) is 5.75 Å². The van der Waals surface area contributed by atoms with Gasteiger partial charge >= 0.3 is 11.6 Å². The third-order valence-corrected chi connectivity index (χ3v) is 3.93. The molecular weight excluding hydrogens is 340 g/mol. The summed E-state index contributed by atoms with van der Waals surface area (Å²) in [5.74, 6) is -3.11. The smallest absolute Gasteiger partial charge is 0.375 e. The highest BCUT2D eigenvalue weighted by atomic mass is 16.5. The van der Waals surface area contributed by atoms with Crippen LogP contribution in [0, 0.1) is 6.92 Å². The molecule has 0 aliphatic carbocycles. The average molecular weight is 360 g/mol. The summed E-state index contributed by atoms with van der Waals surface area (Å²) in [6.07, 6.45) is 0.306. The van der Waals surface area contributed by atoms with E-state index in [0.717, 1.165) is 0 Å². The number of aryl methyl sites for hydroxylation is 2. The van der Waals surface area contributed by atoms with Crippen molar-refractivity contribution >= 4 is 28.5 Å². The number of benzene rings is 1. The largest absolute Gasteiger partial charge is 0.507 e. The van der Waals surface area contributed by atoms with Crippen molar-refractivity contribution < 1.29 is 28.6 Å². The Morgan fingerprint density at radius 2 is 1.88 bits per heavy atom. The average Bonchev–Trinajstić information content (AvgIpc) is 2.57. The van der Waals surface area contributed by atoms with E-state index in [-0.39, 0.29) is 23.5 Å². The first kappa shape index (κ1) is 19.4. The van der Waals surface area contributed by atoms with E-state index in [1.54, 1.807) is 13.8 Å². The number of aromatic hydroxyl groups is 1. The lowest BCUT2D eigenvalue weighted by Gasteiger charge is -2.12. The quantitative estimate of drug-likeness (QED) is 0.265. The zero-order valence-corrected chi connectivity index (χ0v) is 14.9. The van der Waals surface area contributed by atoms with Crippen molar-refractivity contribution in [2.24, 2.45) is 0 Å². The van der Waals surface area contributed by atoms with Gasteiger partial charge in [0.25, 0.3) is 0 Å². The Hall–Kier alpha value is -2.96. The topological polar surface area (TPSA) is 111 Å². The lowest BCUT2D eigenvalue weighted by atomic mass is 9.95. The fraction of sp³-hybridized carbons (Fsp3) is 0.368. The number of hydrogen-bond acceptors (Lipinski definition) is 7. The normalized spacial score (nSPS) is 10.7. The Labute approximate surface area is 149 Å². The molecule has 0 radical (unpaired) electrons. The predicted octanol–water partition coefficient (Wildman–Crippen LogP) is 2.46. The number of carbonyl (C=O) groups excluding carboxylic acids is 3. The summed E-state index contributed by atoms with van der Waals surface area (Å²) in [5, 5.41) is 11.0. The van der Waals surface area contributed by atoms with Crippen molar-refractivity contribution in [2.45, 2.75) is 40.0 Å². The Morgan fingerprint density at radius 3 is 2.50 bits per heavy atom.